The summed E-state index contributed by atoms with van der Waals surface area (Å²) in [6, 6.07) is 7.66. The van der Waals surface area contributed by atoms with Crippen molar-refractivity contribution in [2.45, 2.75) is 45.4 Å². The second-order valence-corrected chi connectivity index (χ2v) is 6.87. The fraction of sp³-hybridized carbons (Fsp3) is 0.438. The molecule has 0 spiro atoms. The third kappa shape index (κ3) is 2.82. The molecule has 0 amide bonds. The normalized spacial score (nSPS) is 19.2. The van der Waals surface area contributed by atoms with E-state index in [2.05, 4.69) is 4.98 Å². The van der Waals surface area contributed by atoms with E-state index in [0.717, 1.165) is 11.0 Å². The standard InChI is InChI=1S/C16H21BN2O4/c1-15(2)16(3,4)23-17(22-15)12-7-5-6-11(8-12)10-19-13(20)9-18-14(19)21/h5-9,20H,10H2,1-4H3,(H,18,21). The lowest BCUT2D eigenvalue weighted by molar-refractivity contribution is 0.00578. The molecule has 0 atom stereocenters. The van der Waals surface area contributed by atoms with E-state index in [4.69, 9.17) is 9.31 Å². The predicted octanol–water partition coefficient (Wildman–Crippen LogP) is 1.23. The average Bonchev–Trinajstić information content (AvgIpc) is 2.89. The predicted molar refractivity (Wildman–Crippen MR) is 88.0 cm³/mol. The minimum Gasteiger partial charge on any atom is -0.493 e. The first kappa shape index (κ1) is 15.9. The van der Waals surface area contributed by atoms with Crippen LogP contribution in [-0.4, -0.2) is 33.0 Å². The molecule has 0 aliphatic carbocycles. The van der Waals surface area contributed by atoms with Crippen LogP contribution in [0.2, 0.25) is 0 Å². The van der Waals surface area contributed by atoms with E-state index in [1.165, 1.54) is 10.8 Å². The second-order valence-electron chi connectivity index (χ2n) is 6.87. The van der Waals surface area contributed by atoms with Crippen molar-refractivity contribution >= 4 is 12.6 Å². The van der Waals surface area contributed by atoms with E-state index in [9.17, 15) is 9.90 Å². The highest BCUT2D eigenvalue weighted by molar-refractivity contribution is 6.62. The van der Waals surface area contributed by atoms with Crippen molar-refractivity contribution in [3.8, 4) is 5.88 Å². The fourth-order valence-corrected chi connectivity index (χ4v) is 2.54. The van der Waals surface area contributed by atoms with Gasteiger partial charge in [0.2, 0.25) is 5.88 Å². The number of nitrogens with one attached hydrogen (secondary N) is 1. The summed E-state index contributed by atoms with van der Waals surface area (Å²) in [4.78, 5) is 14.1. The van der Waals surface area contributed by atoms with E-state index in [1.54, 1.807) is 0 Å². The Balaban J connectivity index is 1.86. The number of aromatic nitrogens is 2. The van der Waals surface area contributed by atoms with Gasteiger partial charge in [0.15, 0.2) is 0 Å². The maximum absolute atomic E-state index is 11.7. The number of aromatic amines is 1. The molecule has 0 saturated carbocycles. The number of H-pyrrole nitrogens is 1. The van der Waals surface area contributed by atoms with Crippen molar-refractivity contribution in [1.82, 2.24) is 9.55 Å². The number of imidazole rings is 1. The zero-order valence-electron chi connectivity index (χ0n) is 13.8. The monoisotopic (exact) mass is 316 g/mol. The van der Waals surface area contributed by atoms with Gasteiger partial charge in [-0.25, -0.2) is 4.79 Å². The van der Waals surface area contributed by atoms with Crippen LogP contribution in [0.4, 0.5) is 0 Å². The molecule has 23 heavy (non-hydrogen) atoms. The molecular weight excluding hydrogens is 295 g/mol. The molecule has 1 fully saturated rings. The van der Waals surface area contributed by atoms with Gasteiger partial charge in [0.05, 0.1) is 23.9 Å². The van der Waals surface area contributed by atoms with E-state index in [0.29, 0.717) is 0 Å². The smallest absolute Gasteiger partial charge is 0.493 e. The van der Waals surface area contributed by atoms with Crippen molar-refractivity contribution in [1.29, 1.82) is 0 Å². The zero-order valence-corrected chi connectivity index (χ0v) is 13.8. The number of hydrogen-bond acceptors (Lipinski definition) is 4. The molecule has 1 aromatic heterocycles. The summed E-state index contributed by atoms with van der Waals surface area (Å²) in [7, 11) is -0.448. The summed E-state index contributed by atoms with van der Waals surface area (Å²) in [5.41, 5.74) is 0.634. The van der Waals surface area contributed by atoms with E-state index >= 15 is 0 Å². The molecule has 0 radical (unpaired) electrons. The van der Waals surface area contributed by atoms with Gasteiger partial charge in [-0.15, -0.1) is 0 Å². The Morgan fingerprint density at radius 3 is 2.43 bits per heavy atom. The Bertz CT molecular complexity index is 762. The molecule has 1 aliphatic rings. The lowest BCUT2D eigenvalue weighted by Crippen LogP contribution is -2.41. The number of aromatic hydroxyl groups is 1. The maximum atomic E-state index is 11.7. The minimum absolute atomic E-state index is 0.0870. The highest BCUT2D eigenvalue weighted by atomic mass is 16.7. The van der Waals surface area contributed by atoms with E-state index in [-0.39, 0.29) is 18.1 Å². The van der Waals surface area contributed by atoms with Crippen LogP contribution in [0.5, 0.6) is 5.88 Å². The zero-order chi connectivity index (χ0) is 16.8. The third-order valence-electron chi connectivity index (χ3n) is 4.66. The summed E-state index contributed by atoms with van der Waals surface area (Å²) in [5, 5.41) is 9.69. The van der Waals surface area contributed by atoms with Crippen LogP contribution in [-0.2, 0) is 15.9 Å². The van der Waals surface area contributed by atoms with Gasteiger partial charge < -0.3 is 19.4 Å². The van der Waals surface area contributed by atoms with E-state index < -0.39 is 18.3 Å². The van der Waals surface area contributed by atoms with Gasteiger partial charge in [-0.3, -0.25) is 4.57 Å². The van der Waals surface area contributed by atoms with Gasteiger partial charge in [-0.05, 0) is 38.7 Å². The summed E-state index contributed by atoms with van der Waals surface area (Å²) in [5.74, 6) is -0.0870. The van der Waals surface area contributed by atoms with Crippen molar-refractivity contribution in [2.75, 3.05) is 0 Å². The first-order valence-electron chi connectivity index (χ1n) is 7.61. The first-order chi connectivity index (χ1) is 10.7. The van der Waals surface area contributed by atoms with Crippen LogP contribution < -0.4 is 11.2 Å². The largest absolute Gasteiger partial charge is 0.494 e. The number of hydrogen-bond donors (Lipinski definition) is 2. The molecule has 1 aliphatic heterocycles. The van der Waals surface area contributed by atoms with Gasteiger partial charge in [0.1, 0.15) is 0 Å². The Kier molecular flexibility index (Phi) is 3.65. The van der Waals surface area contributed by atoms with Crippen molar-refractivity contribution < 1.29 is 14.4 Å². The molecule has 0 bridgehead atoms. The Labute approximate surface area is 135 Å². The topological polar surface area (TPSA) is 76.5 Å². The maximum Gasteiger partial charge on any atom is 0.494 e. The van der Waals surface area contributed by atoms with Crippen molar-refractivity contribution in [3.63, 3.8) is 0 Å². The molecule has 6 nitrogen and oxygen atoms in total. The van der Waals surface area contributed by atoms with Crippen LogP contribution in [0.3, 0.4) is 0 Å². The van der Waals surface area contributed by atoms with Crippen LogP contribution in [0.25, 0.3) is 0 Å². The minimum atomic E-state index is -0.448. The molecule has 0 unspecified atom stereocenters. The SMILES string of the molecule is CC1(C)OB(c2cccc(Cn3c(O)c[nH]c3=O)c2)OC1(C)C. The van der Waals surface area contributed by atoms with Gasteiger partial charge in [0.25, 0.3) is 0 Å². The molecule has 2 N–H and O–H groups in total. The van der Waals surface area contributed by atoms with E-state index in [1.807, 2.05) is 52.0 Å². The fourth-order valence-electron chi connectivity index (χ4n) is 2.54. The average molecular weight is 316 g/mol. The molecule has 1 saturated heterocycles. The highest BCUT2D eigenvalue weighted by Crippen LogP contribution is 2.36. The van der Waals surface area contributed by atoms with Crippen molar-refractivity contribution in [2.24, 2.45) is 0 Å². The molecule has 2 heterocycles. The Morgan fingerprint density at radius 2 is 1.87 bits per heavy atom. The molecule has 1 aromatic carbocycles. The van der Waals surface area contributed by atoms with Crippen LogP contribution in [0.1, 0.15) is 33.3 Å². The quantitative estimate of drug-likeness (QED) is 0.835. The molecule has 3 rings (SSSR count). The third-order valence-corrected chi connectivity index (χ3v) is 4.66. The molecule has 122 valence electrons. The van der Waals surface area contributed by atoms with Gasteiger partial charge in [-0.2, -0.15) is 0 Å². The van der Waals surface area contributed by atoms with Gasteiger partial charge in [-0.1, -0.05) is 24.3 Å². The van der Waals surface area contributed by atoms with Gasteiger partial charge in [0, 0.05) is 0 Å². The van der Waals surface area contributed by atoms with Gasteiger partial charge >= 0.3 is 12.8 Å². The van der Waals surface area contributed by atoms with Crippen LogP contribution in [0, 0.1) is 0 Å². The Morgan fingerprint density at radius 1 is 1.22 bits per heavy atom. The molecular formula is C16H21BN2O4. The summed E-state index contributed by atoms with van der Waals surface area (Å²) >= 11 is 0. The molecule has 2 aromatic rings. The van der Waals surface area contributed by atoms with Crippen LogP contribution in [0.15, 0.2) is 35.3 Å². The van der Waals surface area contributed by atoms with Crippen LogP contribution >= 0.6 is 0 Å². The summed E-state index contributed by atoms with van der Waals surface area (Å²) in [6.45, 7) is 8.31. The first-order valence-corrected chi connectivity index (χ1v) is 7.61. The number of rotatable bonds is 3. The number of benzene rings is 1. The lowest BCUT2D eigenvalue weighted by atomic mass is 9.78. The van der Waals surface area contributed by atoms with Crippen molar-refractivity contribution in [3.05, 3.63) is 46.5 Å². The highest BCUT2D eigenvalue weighted by Gasteiger charge is 2.51. The Hall–Kier alpha value is -1.99. The number of nitrogens with zero attached hydrogens (tertiary/aromatic N) is 1. The summed E-state index contributed by atoms with van der Waals surface area (Å²) < 4.78 is 13.4. The summed E-state index contributed by atoms with van der Waals surface area (Å²) in [6.07, 6.45) is 1.28. The second kappa shape index (κ2) is 5.28. The molecule has 7 heteroatoms. The lowest BCUT2D eigenvalue weighted by Gasteiger charge is -2.32.